The van der Waals surface area contributed by atoms with Gasteiger partial charge in [-0.2, -0.15) is 0 Å². The van der Waals surface area contributed by atoms with Crippen molar-refractivity contribution in [2.24, 2.45) is 0 Å². The van der Waals surface area contributed by atoms with Crippen LogP contribution in [-0.4, -0.2) is 51.3 Å². The van der Waals surface area contributed by atoms with E-state index in [9.17, 15) is 15.0 Å². The van der Waals surface area contributed by atoms with E-state index in [0.29, 0.717) is 35.9 Å². The number of aliphatic hydroxyl groups is 1. The number of piperidine rings is 1. The van der Waals surface area contributed by atoms with Gasteiger partial charge in [0.15, 0.2) is 5.43 Å². The summed E-state index contributed by atoms with van der Waals surface area (Å²) in [7, 11) is 1.96. The fraction of sp³-hybridized carbons (Fsp3) is 0.333. The number of likely N-dealkylation sites (N-methyl/N-ethyl adjacent to an activating group) is 1. The summed E-state index contributed by atoms with van der Waals surface area (Å²) < 4.78 is 12.0. The number of phenols is 1. The maximum absolute atomic E-state index is 12.6. The van der Waals surface area contributed by atoms with Gasteiger partial charge in [-0.05, 0) is 39.1 Å². The van der Waals surface area contributed by atoms with Gasteiger partial charge >= 0.3 is 0 Å². The smallest absolute Gasteiger partial charge is 0.196 e. The maximum Gasteiger partial charge on any atom is 0.196 e. The van der Waals surface area contributed by atoms with Crippen LogP contribution in [0.3, 0.4) is 0 Å². The number of ether oxygens (including phenoxy) is 1. The van der Waals surface area contributed by atoms with Crippen molar-refractivity contribution in [1.82, 2.24) is 14.9 Å². The van der Waals surface area contributed by atoms with Crippen molar-refractivity contribution >= 4 is 22.0 Å². The van der Waals surface area contributed by atoms with Crippen molar-refractivity contribution in [1.29, 1.82) is 0 Å². The Labute approximate surface area is 184 Å². The topological polar surface area (TPSA) is 112 Å². The quantitative estimate of drug-likeness (QED) is 0.452. The number of para-hydroxylation sites is 2. The molecule has 1 fully saturated rings. The Hall–Kier alpha value is -3.36. The molecule has 0 saturated carbocycles. The minimum atomic E-state index is -0.666. The molecule has 0 radical (unpaired) electrons. The average molecular weight is 435 g/mol. The number of hydrogen-bond acceptors (Lipinski definition) is 7. The van der Waals surface area contributed by atoms with E-state index in [2.05, 4.69) is 14.9 Å². The number of H-pyrrole nitrogens is 1. The molecule has 4 aromatic rings. The van der Waals surface area contributed by atoms with E-state index in [-0.39, 0.29) is 34.7 Å². The first-order valence-corrected chi connectivity index (χ1v) is 10.6. The van der Waals surface area contributed by atoms with Crippen molar-refractivity contribution in [3.05, 3.63) is 63.8 Å². The molecule has 1 aliphatic heterocycles. The van der Waals surface area contributed by atoms with E-state index >= 15 is 0 Å². The van der Waals surface area contributed by atoms with Crippen LogP contribution in [0.15, 0.2) is 45.6 Å². The second-order valence-electron chi connectivity index (χ2n) is 8.45. The van der Waals surface area contributed by atoms with Gasteiger partial charge in [0.25, 0.3) is 0 Å². The van der Waals surface area contributed by atoms with Gasteiger partial charge < -0.3 is 29.3 Å². The van der Waals surface area contributed by atoms with Crippen LogP contribution >= 0.6 is 0 Å². The Morgan fingerprint density at radius 2 is 2.12 bits per heavy atom. The first-order valence-electron chi connectivity index (χ1n) is 10.6. The van der Waals surface area contributed by atoms with Crippen LogP contribution < -0.4 is 10.2 Å². The van der Waals surface area contributed by atoms with Gasteiger partial charge in [0, 0.05) is 30.2 Å². The number of imidazole rings is 1. The van der Waals surface area contributed by atoms with E-state index in [1.54, 1.807) is 6.92 Å². The molecule has 166 valence electrons. The molecule has 5 rings (SSSR count). The number of aliphatic hydroxyl groups excluding tert-OH is 1. The number of phenolic OH excluding ortho intramolecular Hbond substituents is 1. The number of aromatic hydroxyl groups is 1. The first-order chi connectivity index (χ1) is 15.4. The van der Waals surface area contributed by atoms with Crippen LogP contribution in [0.5, 0.6) is 11.5 Å². The third kappa shape index (κ3) is 3.61. The highest BCUT2D eigenvalue weighted by atomic mass is 16.5. The first kappa shape index (κ1) is 20.5. The normalized spacial score (nSPS) is 19.6. The van der Waals surface area contributed by atoms with E-state index in [0.717, 1.165) is 17.6 Å². The number of fused-ring (bicyclic) bond motifs is 2. The van der Waals surface area contributed by atoms with Crippen molar-refractivity contribution < 1.29 is 19.4 Å². The Bertz CT molecular complexity index is 1330. The summed E-state index contributed by atoms with van der Waals surface area (Å²) in [5.41, 5.74) is 2.28. The summed E-state index contributed by atoms with van der Waals surface area (Å²) in [6.45, 7) is 3.09. The molecule has 3 heterocycles. The van der Waals surface area contributed by atoms with E-state index in [4.69, 9.17) is 9.15 Å². The summed E-state index contributed by atoms with van der Waals surface area (Å²) in [5, 5.41) is 21.6. The second kappa shape index (κ2) is 7.96. The number of hydrogen-bond donors (Lipinski definition) is 3. The van der Waals surface area contributed by atoms with Crippen LogP contribution in [0, 0.1) is 6.92 Å². The Kier molecular flexibility index (Phi) is 5.11. The van der Waals surface area contributed by atoms with Crippen molar-refractivity contribution in [3.63, 3.8) is 0 Å². The van der Waals surface area contributed by atoms with Gasteiger partial charge in [-0.15, -0.1) is 0 Å². The van der Waals surface area contributed by atoms with E-state index in [1.165, 1.54) is 12.1 Å². The minimum Gasteiger partial charge on any atom is -0.507 e. The number of benzene rings is 2. The molecule has 0 spiro atoms. The number of nitrogens with one attached hydrogen (secondary N) is 1. The van der Waals surface area contributed by atoms with E-state index in [1.807, 2.05) is 31.3 Å². The summed E-state index contributed by atoms with van der Waals surface area (Å²) in [6.07, 6.45) is -0.00298. The van der Waals surface area contributed by atoms with Gasteiger partial charge in [0.1, 0.15) is 40.7 Å². The molecule has 0 aliphatic carbocycles. The van der Waals surface area contributed by atoms with Gasteiger partial charge in [0.2, 0.25) is 0 Å². The zero-order chi connectivity index (χ0) is 22.4. The van der Waals surface area contributed by atoms with E-state index < -0.39 is 6.10 Å². The fourth-order valence-electron chi connectivity index (χ4n) is 4.55. The van der Waals surface area contributed by atoms with Crippen LogP contribution in [0.4, 0.5) is 0 Å². The van der Waals surface area contributed by atoms with Crippen LogP contribution in [0.2, 0.25) is 0 Å². The Balaban J connectivity index is 1.61. The number of rotatable bonds is 4. The number of β-amino-alcohol motifs (C(OH)–C–C–N with tert-alkyl or cyclic N) is 1. The van der Waals surface area contributed by atoms with Gasteiger partial charge in [-0.3, -0.25) is 4.79 Å². The molecule has 3 N–H and O–H groups in total. The highest BCUT2D eigenvalue weighted by Gasteiger charge is 2.33. The summed E-state index contributed by atoms with van der Waals surface area (Å²) in [5.74, 6) is 0.925. The van der Waals surface area contributed by atoms with Crippen molar-refractivity contribution in [2.45, 2.75) is 32.0 Å². The lowest BCUT2D eigenvalue weighted by molar-refractivity contribution is 0.0626. The lowest BCUT2D eigenvalue weighted by atomic mass is 9.85. The standard InChI is InChI=1S/C24H25N3O5/c1-13-9-17(28)23-18(29)10-20(31-12-21-25-15-5-3-4-6-16(15)26-21)22(24(23)32-13)14-7-8-27(2)11-19(14)30/h3-6,9-10,14,19,29-30H,7-8,11-12H2,1-2H3,(H,25,26). The average Bonchev–Trinajstić information content (AvgIpc) is 3.15. The van der Waals surface area contributed by atoms with Crippen molar-refractivity contribution in [2.75, 3.05) is 20.1 Å². The highest BCUT2D eigenvalue weighted by Crippen LogP contribution is 2.42. The predicted octanol–water partition coefficient (Wildman–Crippen LogP) is 3.04. The SMILES string of the molecule is Cc1cc(=O)c2c(O)cc(OCc3nc4ccccc4[nH]3)c(C3CCN(C)CC3O)c2o1. The molecule has 8 heteroatoms. The molecule has 0 amide bonds. The van der Waals surface area contributed by atoms with Gasteiger partial charge in [0.05, 0.1) is 17.1 Å². The molecular weight excluding hydrogens is 410 g/mol. The highest BCUT2D eigenvalue weighted by molar-refractivity contribution is 5.88. The zero-order valence-corrected chi connectivity index (χ0v) is 18.0. The van der Waals surface area contributed by atoms with Crippen LogP contribution in [0.25, 0.3) is 22.0 Å². The van der Waals surface area contributed by atoms with Crippen molar-refractivity contribution in [3.8, 4) is 11.5 Å². The molecule has 2 atom stereocenters. The fourth-order valence-corrected chi connectivity index (χ4v) is 4.55. The van der Waals surface area contributed by atoms with Crippen LogP contribution in [0.1, 0.15) is 29.5 Å². The number of aromatic amines is 1. The predicted molar refractivity (Wildman–Crippen MR) is 120 cm³/mol. The summed E-state index contributed by atoms with van der Waals surface area (Å²) >= 11 is 0. The Morgan fingerprint density at radius 3 is 2.91 bits per heavy atom. The number of aryl methyl sites for hydroxylation is 1. The largest absolute Gasteiger partial charge is 0.507 e. The summed E-state index contributed by atoms with van der Waals surface area (Å²) in [4.78, 5) is 22.4. The molecule has 32 heavy (non-hydrogen) atoms. The third-order valence-electron chi connectivity index (χ3n) is 6.06. The molecule has 2 unspecified atom stereocenters. The van der Waals surface area contributed by atoms with Gasteiger partial charge in [-0.25, -0.2) is 4.98 Å². The molecule has 2 aromatic carbocycles. The molecule has 2 aromatic heterocycles. The number of aromatic nitrogens is 2. The maximum atomic E-state index is 12.6. The molecular formula is C24H25N3O5. The lowest BCUT2D eigenvalue weighted by Gasteiger charge is -2.34. The molecule has 8 nitrogen and oxygen atoms in total. The molecule has 1 aliphatic rings. The zero-order valence-electron chi connectivity index (χ0n) is 18.0. The second-order valence-corrected chi connectivity index (χ2v) is 8.45. The third-order valence-corrected chi connectivity index (χ3v) is 6.06. The monoisotopic (exact) mass is 435 g/mol. The minimum absolute atomic E-state index is 0.104. The lowest BCUT2D eigenvalue weighted by Crippen LogP contribution is -2.40. The Morgan fingerprint density at radius 1 is 1.31 bits per heavy atom. The van der Waals surface area contributed by atoms with Gasteiger partial charge in [-0.1, -0.05) is 12.1 Å². The number of nitrogens with zero attached hydrogens (tertiary/aromatic N) is 2. The molecule has 1 saturated heterocycles. The number of likely N-dealkylation sites (tertiary alicyclic amines) is 1. The summed E-state index contributed by atoms with van der Waals surface area (Å²) in [6, 6.07) is 10.5. The molecule has 0 bridgehead atoms. The van der Waals surface area contributed by atoms with Crippen LogP contribution in [-0.2, 0) is 6.61 Å².